The number of anilines is 1. The van der Waals surface area contributed by atoms with Crippen LogP contribution < -0.4 is 5.32 Å². The third-order valence-corrected chi connectivity index (χ3v) is 3.19. The van der Waals surface area contributed by atoms with Crippen molar-refractivity contribution in [2.24, 2.45) is 0 Å². The van der Waals surface area contributed by atoms with Crippen molar-refractivity contribution in [2.45, 2.75) is 20.3 Å². The number of aromatic nitrogens is 1. The second kappa shape index (κ2) is 6.56. The summed E-state index contributed by atoms with van der Waals surface area (Å²) in [4.78, 5) is 27.3. The molecule has 0 aliphatic carbocycles. The van der Waals surface area contributed by atoms with Gasteiger partial charge in [-0.1, -0.05) is 0 Å². The minimum atomic E-state index is -0.317. The minimum absolute atomic E-state index is 0.119. The van der Waals surface area contributed by atoms with Gasteiger partial charge in [-0.05, 0) is 13.8 Å². The Morgan fingerprint density at radius 2 is 2.24 bits per heavy atom. The van der Waals surface area contributed by atoms with Crippen molar-refractivity contribution >= 4 is 39.9 Å². The zero-order valence-corrected chi connectivity index (χ0v) is 11.2. The van der Waals surface area contributed by atoms with Gasteiger partial charge in [0.2, 0.25) is 5.91 Å². The van der Waals surface area contributed by atoms with Crippen LogP contribution in [0.1, 0.15) is 17.5 Å². The molecule has 0 atom stereocenters. The fourth-order valence-corrected chi connectivity index (χ4v) is 2.17. The summed E-state index contributed by atoms with van der Waals surface area (Å²) in [5.41, 5.74) is 0.716. The molecule has 1 aromatic heterocycles. The number of nitrogens with one attached hydrogen (secondary N) is 1. The summed E-state index contributed by atoms with van der Waals surface area (Å²) in [5, 5.41) is 2.99. The molecule has 5 nitrogen and oxygen atoms in total. The van der Waals surface area contributed by atoms with E-state index in [1.165, 1.54) is 11.3 Å². The fraction of sp³-hybridized carbons (Fsp3) is 0.500. The Morgan fingerprint density at radius 3 is 2.82 bits per heavy atom. The van der Waals surface area contributed by atoms with Crippen molar-refractivity contribution in [1.29, 1.82) is 0 Å². The van der Waals surface area contributed by atoms with Crippen LogP contribution in [0.25, 0.3) is 0 Å². The van der Waals surface area contributed by atoms with Gasteiger partial charge < -0.3 is 10.1 Å². The number of hydrogen-bond acceptors (Lipinski definition) is 5. The Balaban J connectivity index is 2.68. The van der Waals surface area contributed by atoms with E-state index in [0.29, 0.717) is 17.4 Å². The van der Waals surface area contributed by atoms with Crippen LogP contribution in [0, 0.1) is 6.92 Å². The number of alkyl halides is 1. The molecule has 0 aliphatic heterocycles. The molecule has 0 fully saturated rings. The van der Waals surface area contributed by atoms with Gasteiger partial charge in [0.05, 0.1) is 18.7 Å². The van der Waals surface area contributed by atoms with Gasteiger partial charge in [0, 0.05) is 4.88 Å². The van der Waals surface area contributed by atoms with Gasteiger partial charge in [-0.25, -0.2) is 4.98 Å². The molecule has 0 saturated carbocycles. The van der Waals surface area contributed by atoms with Gasteiger partial charge in [-0.3, -0.25) is 9.59 Å². The minimum Gasteiger partial charge on any atom is -0.466 e. The molecule has 1 rings (SSSR count). The second-order valence-corrected chi connectivity index (χ2v) is 4.54. The van der Waals surface area contributed by atoms with Crippen LogP contribution in [0.3, 0.4) is 0 Å². The number of esters is 1. The van der Waals surface area contributed by atoms with E-state index in [1.807, 2.05) is 0 Å². The first-order valence-electron chi connectivity index (χ1n) is 5.04. The predicted octanol–water partition coefficient (Wildman–Crippen LogP) is 1.73. The van der Waals surface area contributed by atoms with Crippen LogP contribution in [-0.2, 0) is 20.7 Å². The zero-order valence-electron chi connectivity index (χ0n) is 9.58. The third kappa shape index (κ3) is 4.32. The number of thiazole rings is 1. The normalized spacial score (nSPS) is 10.1. The number of amides is 1. The van der Waals surface area contributed by atoms with Gasteiger partial charge in [-0.2, -0.15) is 0 Å². The second-order valence-electron chi connectivity index (χ2n) is 3.19. The van der Waals surface area contributed by atoms with Crippen LogP contribution in [0.5, 0.6) is 0 Å². The lowest BCUT2D eigenvalue weighted by molar-refractivity contribution is -0.142. The van der Waals surface area contributed by atoms with Crippen LogP contribution in [-0.4, -0.2) is 29.3 Å². The number of carbonyl (C=O) groups is 2. The van der Waals surface area contributed by atoms with Crippen molar-refractivity contribution in [3.63, 3.8) is 0 Å². The summed E-state index contributed by atoms with van der Waals surface area (Å²) >= 11 is 6.62. The molecule has 0 saturated heterocycles. The summed E-state index contributed by atoms with van der Waals surface area (Å²) < 4.78 is 4.84. The number of carbonyl (C=O) groups excluding carboxylic acids is 2. The highest BCUT2D eigenvalue weighted by molar-refractivity contribution is 7.16. The summed E-state index contributed by atoms with van der Waals surface area (Å²) in [6, 6.07) is 0. The lowest BCUT2D eigenvalue weighted by atomic mass is 10.3. The van der Waals surface area contributed by atoms with Crippen molar-refractivity contribution in [3.8, 4) is 0 Å². The lowest BCUT2D eigenvalue weighted by Crippen LogP contribution is -2.12. The first kappa shape index (κ1) is 13.9. The topological polar surface area (TPSA) is 68.3 Å². The fourth-order valence-electron chi connectivity index (χ4n) is 1.14. The number of ether oxygens (including phenoxy) is 1. The van der Waals surface area contributed by atoms with Crippen molar-refractivity contribution in [3.05, 3.63) is 10.6 Å². The molecule has 0 radical (unpaired) electrons. The summed E-state index contributed by atoms with van der Waals surface area (Å²) in [6.45, 7) is 3.89. The number of hydrogen-bond donors (Lipinski definition) is 1. The van der Waals surface area contributed by atoms with Crippen LogP contribution in [0.4, 0.5) is 5.13 Å². The summed E-state index contributed by atoms with van der Waals surface area (Å²) in [7, 11) is 0. The van der Waals surface area contributed by atoms with Gasteiger partial charge in [0.1, 0.15) is 5.88 Å². The quantitative estimate of drug-likeness (QED) is 0.657. The van der Waals surface area contributed by atoms with E-state index in [0.717, 1.165) is 4.88 Å². The average Bonchev–Trinajstić information content (AvgIpc) is 2.59. The molecule has 0 spiro atoms. The standard InChI is InChI=1S/C10H13ClN2O3S/c1-3-16-9(15)4-7-6(2)12-10(17-7)13-8(14)5-11/h3-5H2,1-2H3,(H,12,13,14). The van der Waals surface area contributed by atoms with Crippen molar-refractivity contribution < 1.29 is 14.3 Å². The molecule has 0 bridgehead atoms. The van der Waals surface area contributed by atoms with E-state index in [2.05, 4.69) is 10.3 Å². The van der Waals surface area contributed by atoms with E-state index >= 15 is 0 Å². The lowest BCUT2D eigenvalue weighted by Gasteiger charge is -1.99. The van der Waals surface area contributed by atoms with Gasteiger partial charge in [0.25, 0.3) is 0 Å². The maximum atomic E-state index is 11.3. The SMILES string of the molecule is CCOC(=O)Cc1sc(NC(=O)CCl)nc1C. The summed E-state index contributed by atoms with van der Waals surface area (Å²) in [6.07, 6.45) is 0.175. The Bertz CT molecular complexity index is 420. The zero-order chi connectivity index (χ0) is 12.8. The Morgan fingerprint density at radius 1 is 1.53 bits per heavy atom. The molecule has 1 aromatic rings. The van der Waals surface area contributed by atoms with Gasteiger partial charge >= 0.3 is 5.97 Å². The number of rotatable bonds is 5. The van der Waals surface area contributed by atoms with E-state index in [-0.39, 0.29) is 24.2 Å². The number of nitrogens with zero attached hydrogens (tertiary/aromatic N) is 1. The predicted molar refractivity (Wildman–Crippen MR) is 66.5 cm³/mol. The Hall–Kier alpha value is -1.14. The molecule has 0 aliphatic rings. The summed E-state index contributed by atoms with van der Waals surface area (Å²) in [5.74, 6) is -0.733. The van der Waals surface area contributed by atoms with E-state index < -0.39 is 0 Å². The molecule has 1 heterocycles. The molecule has 1 amide bonds. The molecule has 17 heavy (non-hydrogen) atoms. The number of aryl methyl sites for hydroxylation is 1. The van der Waals surface area contributed by atoms with E-state index in [9.17, 15) is 9.59 Å². The molecule has 7 heteroatoms. The van der Waals surface area contributed by atoms with Gasteiger partial charge in [0.15, 0.2) is 5.13 Å². The smallest absolute Gasteiger partial charge is 0.311 e. The van der Waals surface area contributed by atoms with Crippen LogP contribution in [0.2, 0.25) is 0 Å². The van der Waals surface area contributed by atoms with Gasteiger partial charge in [-0.15, -0.1) is 22.9 Å². The van der Waals surface area contributed by atoms with Crippen LogP contribution >= 0.6 is 22.9 Å². The molecular formula is C10H13ClN2O3S. The first-order chi connectivity index (χ1) is 8.06. The highest BCUT2D eigenvalue weighted by Gasteiger charge is 2.13. The van der Waals surface area contributed by atoms with E-state index in [4.69, 9.17) is 16.3 Å². The van der Waals surface area contributed by atoms with Crippen LogP contribution in [0.15, 0.2) is 0 Å². The molecule has 0 aromatic carbocycles. The Kier molecular flexibility index (Phi) is 5.37. The largest absolute Gasteiger partial charge is 0.466 e. The maximum Gasteiger partial charge on any atom is 0.311 e. The molecular weight excluding hydrogens is 264 g/mol. The third-order valence-electron chi connectivity index (χ3n) is 1.87. The van der Waals surface area contributed by atoms with E-state index in [1.54, 1.807) is 13.8 Å². The molecule has 0 unspecified atom stereocenters. The van der Waals surface area contributed by atoms with Crippen molar-refractivity contribution in [1.82, 2.24) is 4.98 Å². The van der Waals surface area contributed by atoms with Crippen molar-refractivity contribution in [2.75, 3.05) is 17.8 Å². The molecule has 1 N–H and O–H groups in total. The average molecular weight is 277 g/mol. The molecule has 94 valence electrons. The Labute approximate surface area is 108 Å². The first-order valence-corrected chi connectivity index (χ1v) is 6.39. The highest BCUT2D eigenvalue weighted by Crippen LogP contribution is 2.23. The maximum absolute atomic E-state index is 11.3. The highest BCUT2D eigenvalue weighted by atomic mass is 35.5. The number of halogens is 1. The monoisotopic (exact) mass is 276 g/mol.